The van der Waals surface area contributed by atoms with Crippen LogP contribution in [-0.4, -0.2) is 31.7 Å². The number of aromatic nitrogens is 1. The van der Waals surface area contributed by atoms with E-state index in [-0.39, 0.29) is 11.8 Å². The summed E-state index contributed by atoms with van der Waals surface area (Å²) in [4.78, 5) is 16.1. The first-order valence-electron chi connectivity index (χ1n) is 9.82. The van der Waals surface area contributed by atoms with Gasteiger partial charge in [0.15, 0.2) is 0 Å². The molecule has 1 aromatic heterocycles. The second kappa shape index (κ2) is 8.74. The summed E-state index contributed by atoms with van der Waals surface area (Å²) < 4.78 is 10.5. The Hall–Kier alpha value is -3.73. The summed E-state index contributed by atoms with van der Waals surface area (Å²) in [5, 5.41) is 4.24. The van der Waals surface area contributed by atoms with E-state index in [4.69, 9.17) is 9.47 Å². The van der Waals surface area contributed by atoms with Crippen molar-refractivity contribution < 1.29 is 14.3 Å². The molecule has 4 rings (SSSR count). The lowest BCUT2D eigenvalue weighted by Crippen LogP contribution is -2.28. The fourth-order valence-electron chi connectivity index (χ4n) is 3.69. The van der Waals surface area contributed by atoms with Crippen molar-refractivity contribution in [3.8, 4) is 11.5 Å². The molecule has 4 aromatic rings. The van der Waals surface area contributed by atoms with Crippen LogP contribution >= 0.6 is 0 Å². The minimum absolute atomic E-state index is 0.0124. The number of ether oxygens (including phenoxy) is 2. The summed E-state index contributed by atoms with van der Waals surface area (Å²) in [6.45, 7) is 0.463. The van der Waals surface area contributed by atoms with Gasteiger partial charge in [-0.05, 0) is 47.5 Å². The summed E-state index contributed by atoms with van der Waals surface area (Å²) in [5.74, 6) is 1.32. The van der Waals surface area contributed by atoms with Gasteiger partial charge in [-0.1, -0.05) is 36.4 Å². The van der Waals surface area contributed by atoms with Crippen LogP contribution in [0.4, 0.5) is 0 Å². The highest BCUT2D eigenvalue weighted by Crippen LogP contribution is 2.31. The molecule has 0 aliphatic rings. The average Bonchev–Trinajstić information content (AvgIpc) is 3.23. The normalized spacial score (nSPS) is 11.8. The van der Waals surface area contributed by atoms with Gasteiger partial charge in [0.1, 0.15) is 11.5 Å². The zero-order valence-electron chi connectivity index (χ0n) is 17.0. The van der Waals surface area contributed by atoms with Gasteiger partial charge in [-0.2, -0.15) is 0 Å². The molecule has 2 N–H and O–H groups in total. The second-order valence-corrected chi connectivity index (χ2v) is 7.06. The molecule has 3 aromatic carbocycles. The van der Waals surface area contributed by atoms with Gasteiger partial charge in [0.25, 0.3) is 5.91 Å². The van der Waals surface area contributed by atoms with E-state index in [1.165, 1.54) is 0 Å². The Morgan fingerprint density at radius 3 is 2.47 bits per heavy atom. The molecule has 1 amide bonds. The van der Waals surface area contributed by atoms with Gasteiger partial charge in [-0.3, -0.25) is 4.79 Å². The van der Waals surface area contributed by atoms with Crippen molar-refractivity contribution in [1.29, 1.82) is 0 Å². The molecule has 30 heavy (non-hydrogen) atoms. The number of carbonyl (C=O) groups excluding carboxylic acids is 1. The quantitative estimate of drug-likeness (QED) is 0.471. The van der Waals surface area contributed by atoms with Crippen molar-refractivity contribution in [1.82, 2.24) is 10.3 Å². The molecule has 0 radical (unpaired) electrons. The number of H-pyrrole nitrogens is 1. The number of para-hydroxylation sites is 1. The first-order chi connectivity index (χ1) is 14.7. The molecule has 5 nitrogen and oxygen atoms in total. The number of amides is 1. The summed E-state index contributed by atoms with van der Waals surface area (Å²) in [5.41, 5.74) is 3.89. The van der Waals surface area contributed by atoms with Crippen molar-refractivity contribution in [3.63, 3.8) is 0 Å². The highest BCUT2D eigenvalue weighted by Gasteiger charge is 2.20. The van der Waals surface area contributed by atoms with Crippen LogP contribution in [0.5, 0.6) is 11.5 Å². The van der Waals surface area contributed by atoms with Crippen molar-refractivity contribution in [2.45, 2.75) is 5.92 Å². The van der Waals surface area contributed by atoms with Crippen molar-refractivity contribution in [2.75, 3.05) is 20.8 Å². The zero-order valence-corrected chi connectivity index (χ0v) is 17.0. The first-order valence-corrected chi connectivity index (χ1v) is 9.82. The Balaban J connectivity index is 1.64. The van der Waals surface area contributed by atoms with E-state index < -0.39 is 0 Å². The molecule has 1 atom stereocenters. The van der Waals surface area contributed by atoms with Gasteiger partial charge < -0.3 is 19.8 Å². The van der Waals surface area contributed by atoms with Crippen LogP contribution in [0.15, 0.2) is 79.0 Å². The lowest BCUT2D eigenvalue weighted by atomic mass is 9.90. The maximum atomic E-state index is 12.8. The third-order valence-corrected chi connectivity index (χ3v) is 5.31. The van der Waals surface area contributed by atoms with E-state index in [0.29, 0.717) is 17.9 Å². The fourth-order valence-corrected chi connectivity index (χ4v) is 3.69. The first kappa shape index (κ1) is 19.6. The number of methoxy groups -OCH3 is 2. The van der Waals surface area contributed by atoms with E-state index in [1.807, 2.05) is 54.7 Å². The molecular formula is C25H24N2O3. The van der Waals surface area contributed by atoms with Gasteiger partial charge in [-0.25, -0.2) is 0 Å². The number of aromatic amines is 1. The number of nitrogens with one attached hydrogen (secondary N) is 2. The molecule has 0 saturated carbocycles. The van der Waals surface area contributed by atoms with Crippen LogP contribution in [-0.2, 0) is 0 Å². The number of fused-ring (bicyclic) bond motifs is 1. The number of rotatable bonds is 7. The summed E-state index contributed by atoms with van der Waals surface area (Å²) in [6, 6.07) is 23.3. The maximum absolute atomic E-state index is 12.8. The van der Waals surface area contributed by atoms with Gasteiger partial charge in [0.05, 0.1) is 14.2 Å². The lowest BCUT2D eigenvalue weighted by Gasteiger charge is -2.19. The average molecular weight is 400 g/mol. The SMILES string of the molecule is COc1ccc([C@H](CNC(=O)c2cccc(OC)c2)c2c[nH]c3ccccc23)cc1. The second-order valence-electron chi connectivity index (χ2n) is 7.06. The summed E-state index contributed by atoms with van der Waals surface area (Å²) in [7, 11) is 3.24. The molecule has 0 aliphatic carbocycles. The monoisotopic (exact) mass is 400 g/mol. The summed E-state index contributed by atoms with van der Waals surface area (Å²) >= 11 is 0. The fraction of sp³-hybridized carbons (Fsp3) is 0.160. The van der Waals surface area contributed by atoms with Gasteiger partial charge in [0, 0.05) is 35.1 Å². The van der Waals surface area contributed by atoms with Crippen LogP contribution in [0.1, 0.15) is 27.4 Å². The molecule has 0 bridgehead atoms. The third kappa shape index (κ3) is 4.01. The Bertz CT molecular complexity index is 1150. The van der Waals surface area contributed by atoms with Crippen LogP contribution in [0, 0.1) is 0 Å². The Labute approximate surface area is 175 Å². The van der Waals surface area contributed by atoms with E-state index in [9.17, 15) is 4.79 Å². The van der Waals surface area contributed by atoms with Gasteiger partial charge in [0.2, 0.25) is 0 Å². The van der Waals surface area contributed by atoms with Crippen molar-refractivity contribution >= 4 is 16.8 Å². The molecular weight excluding hydrogens is 376 g/mol. The van der Waals surface area contributed by atoms with Crippen LogP contribution in [0.3, 0.4) is 0 Å². The van der Waals surface area contributed by atoms with Crippen LogP contribution < -0.4 is 14.8 Å². The predicted molar refractivity (Wildman–Crippen MR) is 118 cm³/mol. The van der Waals surface area contributed by atoms with Crippen molar-refractivity contribution in [3.05, 3.63) is 95.7 Å². The highest BCUT2D eigenvalue weighted by molar-refractivity contribution is 5.94. The molecule has 152 valence electrons. The van der Waals surface area contributed by atoms with E-state index >= 15 is 0 Å². The smallest absolute Gasteiger partial charge is 0.251 e. The Morgan fingerprint density at radius 2 is 1.70 bits per heavy atom. The van der Waals surface area contributed by atoms with Crippen molar-refractivity contribution in [2.24, 2.45) is 0 Å². The lowest BCUT2D eigenvalue weighted by molar-refractivity contribution is 0.0952. The molecule has 0 spiro atoms. The molecule has 5 heteroatoms. The van der Waals surface area contributed by atoms with Gasteiger partial charge >= 0.3 is 0 Å². The number of carbonyl (C=O) groups is 1. The molecule has 1 heterocycles. The van der Waals surface area contributed by atoms with Crippen LogP contribution in [0.2, 0.25) is 0 Å². The predicted octanol–water partition coefficient (Wildman–Crippen LogP) is 4.75. The van der Waals surface area contributed by atoms with Crippen LogP contribution in [0.25, 0.3) is 10.9 Å². The Morgan fingerprint density at radius 1 is 0.933 bits per heavy atom. The molecule has 0 unspecified atom stereocenters. The standard InChI is InChI=1S/C25H24N2O3/c1-29-19-12-10-17(11-13-19)22(23-16-26-24-9-4-3-8-21(23)24)15-27-25(28)18-6-5-7-20(14-18)30-2/h3-14,16,22,26H,15H2,1-2H3,(H,27,28)/t22-/m0/s1. The number of hydrogen-bond acceptors (Lipinski definition) is 3. The summed E-state index contributed by atoms with van der Waals surface area (Å²) in [6.07, 6.45) is 2.03. The molecule has 0 fully saturated rings. The van der Waals surface area contributed by atoms with E-state index in [2.05, 4.69) is 22.4 Å². The maximum Gasteiger partial charge on any atom is 0.251 e. The molecule has 0 saturated heterocycles. The topological polar surface area (TPSA) is 63.4 Å². The van der Waals surface area contributed by atoms with Gasteiger partial charge in [-0.15, -0.1) is 0 Å². The zero-order chi connectivity index (χ0) is 20.9. The highest BCUT2D eigenvalue weighted by atomic mass is 16.5. The number of benzene rings is 3. The number of hydrogen-bond donors (Lipinski definition) is 2. The third-order valence-electron chi connectivity index (χ3n) is 5.31. The largest absolute Gasteiger partial charge is 0.497 e. The minimum Gasteiger partial charge on any atom is -0.497 e. The minimum atomic E-state index is -0.132. The van der Waals surface area contributed by atoms with E-state index in [0.717, 1.165) is 27.8 Å². The Kier molecular flexibility index (Phi) is 5.70. The molecule has 0 aliphatic heterocycles. The van der Waals surface area contributed by atoms with E-state index in [1.54, 1.807) is 26.4 Å².